The monoisotopic (exact) mass is 455 g/mol. The number of aromatic nitrogens is 3. The highest BCUT2D eigenvalue weighted by Gasteiger charge is 2.26. The van der Waals surface area contributed by atoms with Crippen LogP contribution in [-0.4, -0.2) is 32.3 Å². The summed E-state index contributed by atoms with van der Waals surface area (Å²) in [6.07, 6.45) is 0. The molecule has 9 heteroatoms. The smallest absolute Gasteiger partial charge is 0.251 e. The number of anilines is 1. The van der Waals surface area contributed by atoms with E-state index in [0.717, 1.165) is 0 Å². The lowest BCUT2D eigenvalue weighted by Gasteiger charge is -2.22. The fraction of sp³-hybridized carbons (Fsp3) is 0.304. The van der Waals surface area contributed by atoms with Gasteiger partial charge in [0.2, 0.25) is 5.91 Å². The maximum atomic E-state index is 13.3. The summed E-state index contributed by atoms with van der Waals surface area (Å²) in [7, 11) is 0. The van der Waals surface area contributed by atoms with Crippen LogP contribution in [0.1, 0.15) is 43.0 Å². The molecule has 0 bridgehead atoms. The van der Waals surface area contributed by atoms with Crippen LogP contribution in [0.5, 0.6) is 0 Å². The molecule has 2 amide bonds. The molecular weight excluding hydrogens is 429 g/mol. The maximum Gasteiger partial charge on any atom is 0.251 e. The molecule has 7 nitrogen and oxygen atoms in total. The molecule has 2 N–H and O–H groups in total. The summed E-state index contributed by atoms with van der Waals surface area (Å²) in [5.41, 5.74) is 0.973. The average molecular weight is 456 g/mol. The van der Waals surface area contributed by atoms with Gasteiger partial charge in [0.15, 0.2) is 11.0 Å². The van der Waals surface area contributed by atoms with E-state index in [0.29, 0.717) is 28.8 Å². The number of carbonyl (C=O) groups excluding carboxylic acids is 2. The molecule has 1 aromatic heterocycles. The van der Waals surface area contributed by atoms with E-state index in [4.69, 9.17) is 0 Å². The largest absolute Gasteiger partial charge is 0.342 e. The van der Waals surface area contributed by atoms with Crippen LogP contribution in [0.3, 0.4) is 0 Å². The third-order valence-corrected chi connectivity index (χ3v) is 5.74. The second-order valence-corrected chi connectivity index (χ2v) is 8.44. The molecule has 0 saturated heterocycles. The molecule has 0 aliphatic carbocycles. The minimum Gasteiger partial charge on any atom is -0.342 e. The summed E-state index contributed by atoms with van der Waals surface area (Å²) in [5, 5.41) is 14.9. The zero-order chi connectivity index (χ0) is 23.1. The number of halogens is 1. The molecule has 0 radical (unpaired) electrons. The Morgan fingerprint density at radius 1 is 1.09 bits per heavy atom. The van der Waals surface area contributed by atoms with E-state index >= 15 is 0 Å². The first-order valence-electron chi connectivity index (χ1n) is 10.4. The Morgan fingerprint density at radius 2 is 1.84 bits per heavy atom. The molecule has 0 saturated carbocycles. The minimum atomic E-state index is -0.414. The predicted molar refractivity (Wildman–Crippen MR) is 123 cm³/mol. The Bertz CT molecular complexity index is 1070. The summed E-state index contributed by atoms with van der Waals surface area (Å²) >= 11 is 1.24. The number of thioether (sulfide) groups is 1. The van der Waals surface area contributed by atoms with E-state index in [1.807, 2.05) is 43.5 Å². The van der Waals surface area contributed by atoms with Crippen LogP contribution in [0, 0.1) is 11.7 Å². The average Bonchev–Trinajstić information content (AvgIpc) is 3.18. The van der Waals surface area contributed by atoms with Gasteiger partial charge >= 0.3 is 0 Å². The maximum absolute atomic E-state index is 13.3. The van der Waals surface area contributed by atoms with Crippen molar-refractivity contribution >= 4 is 29.3 Å². The quantitative estimate of drug-likeness (QED) is 0.470. The highest BCUT2D eigenvalue weighted by Crippen LogP contribution is 2.25. The normalized spacial score (nSPS) is 11.9. The van der Waals surface area contributed by atoms with Crippen molar-refractivity contribution in [2.45, 2.75) is 38.5 Å². The van der Waals surface area contributed by atoms with Gasteiger partial charge in [-0.05, 0) is 43.2 Å². The van der Waals surface area contributed by atoms with Crippen molar-refractivity contribution in [1.29, 1.82) is 0 Å². The van der Waals surface area contributed by atoms with Gasteiger partial charge in [0, 0.05) is 17.8 Å². The molecule has 0 aliphatic rings. The van der Waals surface area contributed by atoms with Gasteiger partial charge in [-0.15, -0.1) is 10.2 Å². The van der Waals surface area contributed by atoms with Gasteiger partial charge in [0.1, 0.15) is 5.82 Å². The lowest BCUT2D eigenvalue weighted by molar-refractivity contribution is -0.113. The van der Waals surface area contributed by atoms with Gasteiger partial charge in [0.05, 0.1) is 11.8 Å². The third kappa shape index (κ3) is 5.94. The lowest BCUT2D eigenvalue weighted by atomic mass is 10.0. The highest BCUT2D eigenvalue weighted by molar-refractivity contribution is 7.99. The lowest BCUT2D eigenvalue weighted by Crippen LogP contribution is -2.33. The van der Waals surface area contributed by atoms with Crippen LogP contribution >= 0.6 is 11.8 Å². The molecule has 0 unspecified atom stereocenters. The predicted octanol–water partition coefficient (Wildman–Crippen LogP) is 4.30. The summed E-state index contributed by atoms with van der Waals surface area (Å²) < 4.78 is 15.2. The second-order valence-electron chi connectivity index (χ2n) is 7.49. The van der Waals surface area contributed by atoms with E-state index in [-0.39, 0.29) is 29.5 Å². The van der Waals surface area contributed by atoms with Gasteiger partial charge < -0.3 is 15.2 Å². The van der Waals surface area contributed by atoms with Crippen molar-refractivity contribution in [2.24, 2.45) is 5.92 Å². The van der Waals surface area contributed by atoms with Gasteiger partial charge in [-0.25, -0.2) is 4.39 Å². The summed E-state index contributed by atoms with van der Waals surface area (Å²) in [6.45, 7) is 6.55. The first-order chi connectivity index (χ1) is 15.4. The Morgan fingerprint density at radius 3 is 2.50 bits per heavy atom. The SMILES string of the molecule is CCn1c(SCC(=O)Nc2cccc(F)c2)nnc1[C@@H](NC(=O)c1ccccc1)C(C)C. The first-order valence-corrected chi connectivity index (χ1v) is 11.3. The molecule has 3 aromatic rings. The van der Waals surface area contributed by atoms with Gasteiger partial charge in [-0.2, -0.15) is 0 Å². The van der Waals surface area contributed by atoms with Crippen LogP contribution in [0.15, 0.2) is 59.8 Å². The van der Waals surface area contributed by atoms with Crippen molar-refractivity contribution in [3.63, 3.8) is 0 Å². The zero-order valence-electron chi connectivity index (χ0n) is 18.2. The molecule has 168 valence electrons. The molecule has 2 aromatic carbocycles. The van der Waals surface area contributed by atoms with Crippen LogP contribution in [-0.2, 0) is 11.3 Å². The number of amides is 2. The van der Waals surface area contributed by atoms with Gasteiger partial charge in [0.25, 0.3) is 5.91 Å². The van der Waals surface area contributed by atoms with Crippen LogP contribution in [0.2, 0.25) is 0 Å². The Labute approximate surface area is 190 Å². The van der Waals surface area contributed by atoms with Crippen LogP contribution in [0.25, 0.3) is 0 Å². The van der Waals surface area contributed by atoms with Crippen molar-refractivity contribution in [3.8, 4) is 0 Å². The number of nitrogens with zero attached hydrogens (tertiary/aromatic N) is 3. The van der Waals surface area contributed by atoms with Gasteiger partial charge in [-0.3, -0.25) is 9.59 Å². The fourth-order valence-corrected chi connectivity index (χ4v) is 3.98. The fourth-order valence-electron chi connectivity index (χ4n) is 3.17. The Kier molecular flexibility index (Phi) is 7.99. The summed E-state index contributed by atoms with van der Waals surface area (Å²) in [5.74, 6) is -0.0596. The van der Waals surface area contributed by atoms with Crippen molar-refractivity contribution in [2.75, 3.05) is 11.1 Å². The number of carbonyl (C=O) groups is 2. The molecule has 3 rings (SSSR count). The number of hydrogen-bond donors (Lipinski definition) is 2. The molecular formula is C23H26FN5O2S. The topological polar surface area (TPSA) is 88.9 Å². The number of nitrogens with one attached hydrogen (secondary N) is 2. The number of hydrogen-bond acceptors (Lipinski definition) is 5. The first kappa shape index (κ1) is 23.5. The van der Waals surface area contributed by atoms with E-state index in [1.165, 1.54) is 30.0 Å². The second kappa shape index (κ2) is 10.9. The minimum absolute atomic E-state index is 0.0753. The van der Waals surface area contributed by atoms with E-state index < -0.39 is 5.82 Å². The third-order valence-electron chi connectivity index (χ3n) is 4.77. The zero-order valence-corrected chi connectivity index (χ0v) is 19.0. The van der Waals surface area contributed by atoms with E-state index in [1.54, 1.807) is 18.2 Å². The van der Waals surface area contributed by atoms with Crippen molar-refractivity contribution in [3.05, 3.63) is 71.8 Å². The van der Waals surface area contributed by atoms with Crippen LogP contribution < -0.4 is 10.6 Å². The summed E-state index contributed by atoms with van der Waals surface area (Å²) in [6, 6.07) is 14.4. The molecule has 0 spiro atoms. The standard InChI is InChI=1S/C23H26FN5O2S/c1-4-29-21(20(15(2)3)26-22(31)16-9-6-5-7-10-16)27-28-23(29)32-14-19(30)25-18-12-8-11-17(24)13-18/h5-13,15,20H,4,14H2,1-3H3,(H,25,30)(H,26,31)/t20-/m0/s1. The molecule has 1 heterocycles. The molecule has 1 atom stereocenters. The van der Waals surface area contributed by atoms with E-state index in [9.17, 15) is 14.0 Å². The Balaban J connectivity index is 1.70. The van der Waals surface area contributed by atoms with Crippen LogP contribution in [0.4, 0.5) is 10.1 Å². The Hall–Kier alpha value is -3.20. The molecule has 0 fully saturated rings. The van der Waals surface area contributed by atoms with Gasteiger partial charge in [-0.1, -0.05) is 49.9 Å². The van der Waals surface area contributed by atoms with Crippen molar-refractivity contribution < 1.29 is 14.0 Å². The molecule has 0 aliphatic heterocycles. The number of rotatable bonds is 9. The summed E-state index contributed by atoms with van der Waals surface area (Å²) in [4.78, 5) is 25.0. The van der Waals surface area contributed by atoms with Crippen molar-refractivity contribution in [1.82, 2.24) is 20.1 Å². The molecule has 32 heavy (non-hydrogen) atoms. The highest BCUT2D eigenvalue weighted by atomic mass is 32.2. The number of benzene rings is 2. The van der Waals surface area contributed by atoms with E-state index in [2.05, 4.69) is 20.8 Å².